The van der Waals surface area contributed by atoms with Crippen molar-refractivity contribution in [3.63, 3.8) is 0 Å². The van der Waals surface area contributed by atoms with Gasteiger partial charge in [0.15, 0.2) is 15.8 Å². The van der Waals surface area contributed by atoms with Crippen LogP contribution in [0.2, 0.25) is 0 Å². The molecule has 2 saturated heterocycles. The Morgan fingerprint density at radius 1 is 1.31 bits per heavy atom. The quantitative estimate of drug-likeness (QED) is 0.549. The Morgan fingerprint density at radius 3 is 2.58 bits per heavy atom. The Hall–Kier alpha value is -1.31. The summed E-state index contributed by atoms with van der Waals surface area (Å²) in [6.07, 6.45) is 3.40. The van der Waals surface area contributed by atoms with Crippen molar-refractivity contribution in [3.8, 4) is 0 Å². The van der Waals surface area contributed by atoms with Gasteiger partial charge in [0.2, 0.25) is 5.91 Å². The minimum Gasteiger partial charge on any atom is -0.357 e. The zero-order valence-corrected chi connectivity index (χ0v) is 17.4. The van der Waals surface area contributed by atoms with Crippen molar-refractivity contribution < 1.29 is 13.2 Å². The molecule has 0 radical (unpaired) electrons. The molecule has 8 heteroatoms. The number of likely N-dealkylation sites (tertiary alicyclic amines) is 1. The Kier molecular flexibility index (Phi) is 6.93. The predicted molar refractivity (Wildman–Crippen MR) is 105 cm³/mol. The number of aliphatic imine (C=N–C) groups is 1. The van der Waals surface area contributed by atoms with Crippen LogP contribution >= 0.6 is 0 Å². The van der Waals surface area contributed by atoms with Crippen LogP contribution in [0.5, 0.6) is 0 Å². The molecule has 1 unspecified atom stereocenters. The second-order valence-electron chi connectivity index (χ2n) is 7.78. The van der Waals surface area contributed by atoms with Gasteiger partial charge >= 0.3 is 0 Å². The van der Waals surface area contributed by atoms with Crippen molar-refractivity contribution in [3.05, 3.63) is 0 Å². The maximum absolute atomic E-state index is 12.2. The number of carbonyl (C=O) groups is 1. The van der Waals surface area contributed by atoms with Crippen LogP contribution in [-0.4, -0.2) is 79.3 Å². The first-order valence-electron chi connectivity index (χ1n) is 9.77. The van der Waals surface area contributed by atoms with Crippen LogP contribution in [0, 0.1) is 0 Å². The summed E-state index contributed by atoms with van der Waals surface area (Å²) < 4.78 is 23.7. The molecule has 150 valence electrons. The second kappa shape index (κ2) is 8.59. The van der Waals surface area contributed by atoms with Crippen LogP contribution in [-0.2, 0) is 14.6 Å². The number of rotatable bonds is 6. The fraction of sp³-hybridized carbons (Fsp3) is 0.889. The molecule has 7 nitrogen and oxygen atoms in total. The summed E-state index contributed by atoms with van der Waals surface area (Å²) in [5, 5.41) is 3.29. The molecule has 0 spiro atoms. The van der Waals surface area contributed by atoms with Crippen LogP contribution in [0.15, 0.2) is 4.99 Å². The number of guanidine groups is 1. The van der Waals surface area contributed by atoms with Gasteiger partial charge in [-0.3, -0.25) is 9.79 Å². The Morgan fingerprint density at radius 2 is 2.04 bits per heavy atom. The van der Waals surface area contributed by atoms with Gasteiger partial charge in [-0.1, -0.05) is 6.92 Å². The summed E-state index contributed by atoms with van der Waals surface area (Å²) in [4.78, 5) is 20.7. The van der Waals surface area contributed by atoms with Gasteiger partial charge in [0.25, 0.3) is 0 Å². The van der Waals surface area contributed by atoms with E-state index < -0.39 is 14.6 Å². The number of nitrogens with one attached hydrogen (secondary N) is 1. The molecule has 0 aromatic rings. The van der Waals surface area contributed by atoms with E-state index in [-0.39, 0.29) is 17.7 Å². The van der Waals surface area contributed by atoms with Gasteiger partial charge in [-0.15, -0.1) is 0 Å². The molecule has 2 fully saturated rings. The molecule has 0 aromatic carbocycles. The van der Waals surface area contributed by atoms with E-state index in [1.807, 2.05) is 16.7 Å². The van der Waals surface area contributed by atoms with E-state index in [4.69, 9.17) is 4.99 Å². The predicted octanol–water partition coefficient (Wildman–Crippen LogP) is 1.25. The zero-order valence-electron chi connectivity index (χ0n) is 16.6. The van der Waals surface area contributed by atoms with Crippen molar-refractivity contribution in [2.45, 2.75) is 64.2 Å². The van der Waals surface area contributed by atoms with Gasteiger partial charge in [-0.2, -0.15) is 0 Å². The number of carbonyl (C=O) groups excluding carboxylic acids is 1. The third-order valence-electron chi connectivity index (χ3n) is 5.42. The Balaban J connectivity index is 2.01. The van der Waals surface area contributed by atoms with Crippen LogP contribution in [0.3, 0.4) is 0 Å². The molecule has 2 aliphatic rings. The van der Waals surface area contributed by atoms with Gasteiger partial charge in [0.1, 0.15) is 0 Å². The number of hydrogen-bond donors (Lipinski definition) is 1. The number of nitrogens with zero attached hydrogens (tertiary/aromatic N) is 3. The highest BCUT2D eigenvalue weighted by molar-refractivity contribution is 7.92. The fourth-order valence-electron chi connectivity index (χ4n) is 3.71. The SMILES string of the molecule is CCNC(=NCCC(CC)N1CCCC1=O)N1CCS(=O)(=O)C(C)(C)C1. The minimum atomic E-state index is -3.07. The lowest BCUT2D eigenvalue weighted by Gasteiger charge is -2.39. The molecule has 2 rings (SSSR count). The van der Waals surface area contributed by atoms with Crippen molar-refractivity contribution in [2.24, 2.45) is 4.99 Å². The van der Waals surface area contributed by atoms with Crippen LogP contribution in [0.4, 0.5) is 0 Å². The summed E-state index contributed by atoms with van der Waals surface area (Å²) in [6.45, 7) is 10.8. The molecule has 26 heavy (non-hydrogen) atoms. The van der Waals surface area contributed by atoms with Gasteiger partial charge in [-0.05, 0) is 40.0 Å². The molecule has 2 aliphatic heterocycles. The van der Waals surface area contributed by atoms with E-state index >= 15 is 0 Å². The number of hydrogen-bond acceptors (Lipinski definition) is 4. The second-order valence-corrected chi connectivity index (χ2v) is 10.5. The molecular formula is C18H34N4O3S. The first-order valence-corrected chi connectivity index (χ1v) is 11.4. The molecule has 1 atom stereocenters. The smallest absolute Gasteiger partial charge is 0.222 e. The topological polar surface area (TPSA) is 82.1 Å². The summed E-state index contributed by atoms with van der Waals surface area (Å²) in [5.74, 6) is 1.19. The molecule has 0 bridgehead atoms. The summed E-state index contributed by atoms with van der Waals surface area (Å²) >= 11 is 0. The highest BCUT2D eigenvalue weighted by atomic mass is 32.2. The minimum absolute atomic E-state index is 0.157. The molecular weight excluding hydrogens is 352 g/mol. The lowest BCUT2D eigenvalue weighted by atomic mass is 10.1. The number of sulfone groups is 1. The fourth-order valence-corrected chi connectivity index (χ4v) is 5.07. The standard InChI is InChI=1S/C18H34N4O3S/c1-5-15(22-11-7-8-16(22)23)9-10-20-17(19-6-2)21-12-13-26(24,25)18(3,4)14-21/h15H,5-14H2,1-4H3,(H,19,20). The van der Waals surface area contributed by atoms with E-state index in [9.17, 15) is 13.2 Å². The first-order chi connectivity index (χ1) is 12.2. The summed E-state index contributed by atoms with van der Waals surface area (Å²) in [5.41, 5.74) is 0. The van der Waals surface area contributed by atoms with Crippen molar-refractivity contribution in [2.75, 3.05) is 38.5 Å². The maximum Gasteiger partial charge on any atom is 0.222 e. The van der Waals surface area contributed by atoms with Gasteiger partial charge < -0.3 is 15.1 Å². The van der Waals surface area contributed by atoms with Crippen LogP contribution in [0.25, 0.3) is 0 Å². The van der Waals surface area contributed by atoms with Gasteiger partial charge in [-0.25, -0.2) is 8.42 Å². The average Bonchev–Trinajstić information content (AvgIpc) is 2.99. The molecule has 0 aliphatic carbocycles. The molecule has 2 heterocycles. The van der Waals surface area contributed by atoms with E-state index in [1.165, 1.54) is 0 Å². The molecule has 0 saturated carbocycles. The maximum atomic E-state index is 12.2. The van der Waals surface area contributed by atoms with E-state index in [2.05, 4.69) is 12.2 Å². The zero-order chi connectivity index (χ0) is 19.4. The van der Waals surface area contributed by atoms with Gasteiger partial charge in [0, 0.05) is 45.2 Å². The van der Waals surface area contributed by atoms with Crippen molar-refractivity contribution in [1.82, 2.24) is 15.1 Å². The van der Waals surface area contributed by atoms with Gasteiger partial charge in [0.05, 0.1) is 10.5 Å². The lowest BCUT2D eigenvalue weighted by Crippen LogP contribution is -2.57. The van der Waals surface area contributed by atoms with Crippen molar-refractivity contribution in [1.29, 1.82) is 0 Å². The Labute approximate surface area is 158 Å². The average molecular weight is 387 g/mol. The number of amides is 1. The van der Waals surface area contributed by atoms with E-state index in [0.717, 1.165) is 38.3 Å². The highest BCUT2D eigenvalue weighted by Crippen LogP contribution is 2.24. The normalized spacial score (nSPS) is 24.0. The highest BCUT2D eigenvalue weighted by Gasteiger charge is 2.41. The molecule has 1 N–H and O–H groups in total. The third-order valence-corrected chi connectivity index (χ3v) is 7.96. The molecule has 1 amide bonds. The molecule has 0 aromatic heterocycles. The monoisotopic (exact) mass is 386 g/mol. The van der Waals surface area contributed by atoms with E-state index in [1.54, 1.807) is 13.8 Å². The largest absolute Gasteiger partial charge is 0.357 e. The first kappa shape index (κ1) is 21.0. The van der Waals surface area contributed by atoms with Crippen LogP contribution in [0.1, 0.15) is 53.4 Å². The van der Waals surface area contributed by atoms with Crippen molar-refractivity contribution >= 4 is 21.7 Å². The summed E-state index contributed by atoms with van der Waals surface area (Å²) in [6, 6.07) is 0.245. The van der Waals surface area contributed by atoms with E-state index in [0.29, 0.717) is 26.1 Å². The summed E-state index contributed by atoms with van der Waals surface area (Å²) in [7, 11) is -3.07. The van der Waals surface area contributed by atoms with Crippen LogP contribution < -0.4 is 5.32 Å². The third kappa shape index (κ3) is 4.69. The Bertz CT molecular complexity index is 630. The lowest BCUT2D eigenvalue weighted by molar-refractivity contribution is -0.129.